The molecule has 0 radical (unpaired) electrons. The predicted octanol–water partition coefficient (Wildman–Crippen LogP) is 2.49. The van der Waals surface area contributed by atoms with E-state index < -0.39 is 0 Å². The van der Waals surface area contributed by atoms with Crippen LogP contribution >= 0.6 is 24.0 Å². The molecule has 1 heterocycles. The number of benzene rings is 1. The summed E-state index contributed by atoms with van der Waals surface area (Å²) in [5.74, 6) is 1.40. The van der Waals surface area contributed by atoms with Crippen LogP contribution < -0.4 is 16.0 Å². The van der Waals surface area contributed by atoms with E-state index in [0.717, 1.165) is 31.0 Å². The number of guanidine groups is 1. The first kappa shape index (κ1) is 24.7. The van der Waals surface area contributed by atoms with Gasteiger partial charge in [-0.1, -0.05) is 26.0 Å². The quantitative estimate of drug-likeness (QED) is 0.291. The van der Waals surface area contributed by atoms with Crippen molar-refractivity contribution in [2.45, 2.75) is 39.2 Å². The molecule has 0 spiro atoms. The molecule has 2 rings (SSSR count). The largest absolute Gasteiger partial charge is 0.356 e. The number of likely N-dealkylation sites (tertiary alicyclic amines) is 1. The first-order chi connectivity index (χ1) is 13.0. The second kappa shape index (κ2) is 13.0. The zero-order chi connectivity index (χ0) is 19.6. The molecule has 1 aromatic rings. The Hall–Kier alpha value is -1.35. The van der Waals surface area contributed by atoms with Crippen LogP contribution in [0, 0.1) is 5.92 Å². The van der Waals surface area contributed by atoms with Crippen molar-refractivity contribution in [3.8, 4) is 0 Å². The van der Waals surface area contributed by atoms with Gasteiger partial charge in [0.1, 0.15) is 0 Å². The number of halogens is 1. The number of hydrogen-bond acceptors (Lipinski definition) is 3. The molecular formula is C21H36IN5O. The lowest BCUT2D eigenvalue weighted by atomic mass is 10.0. The summed E-state index contributed by atoms with van der Waals surface area (Å²) in [6.45, 7) is 8.67. The molecule has 1 saturated heterocycles. The lowest BCUT2D eigenvalue weighted by molar-refractivity contribution is 0.0963. The number of amides is 1. The third-order valence-electron chi connectivity index (χ3n) is 5.20. The van der Waals surface area contributed by atoms with Gasteiger partial charge in [-0.05, 0) is 56.0 Å². The van der Waals surface area contributed by atoms with Crippen molar-refractivity contribution in [1.82, 2.24) is 20.9 Å². The van der Waals surface area contributed by atoms with Crippen LogP contribution in [0.15, 0.2) is 29.3 Å². The standard InChI is InChI=1S/C21H35N5O.HI/c1-16(2)19(26-12-5-6-13-26)15-25-21(23-4)24-11-10-17-8-7-9-18(14-17)20(27)22-3;/h7-9,14,16,19H,5-6,10-13,15H2,1-4H3,(H,22,27)(H2,23,24,25);1H. The molecule has 6 nitrogen and oxygen atoms in total. The van der Waals surface area contributed by atoms with Crippen molar-refractivity contribution >= 4 is 35.8 Å². The molecule has 7 heteroatoms. The Bertz CT molecular complexity index is 629. The molecule has 0 bridgehead atoms. The van der Waals surface area contributed by atoms with Gasteiger partial charge >= 0.3 is 0 Å². The van der Waals surface area contributed by atoms with Crippen molar-refractivity contribution in [3.05, 3.63) is 35.4 Å². The molecule has 1 aliphatic heterocycles. The minimum absolute atomic E-state index is 0. The van der Waals surface area contributed by atoms with Crippen LogP contribution in [0.2, 0.25) is 0 Å². The summed E-state index contributed by atoms with van der Waals surface area (Å²) >= 11 is 0. The molecule has 28 heavy (non-hydrogen) atoms. The van der Waals surface area contributed by atoms with Crippen LogP contribution in [0.1, 0.15) is 42.6 Å². The first-order valence-electron chi connectivity index (χ1n) is 10.0. The van der Waals surface area contributed by atoms with E-state index in [1.807, 2.05) is 31.3 Å². The van der Waals surface area contributed by atoms with E-state index in [9.17, 15) is 4.79 Å². The van der Waals surface area contributed by atoms with E-state index in [0.29, 0.717) is 17.5 Å². The number of rotatable bonds is 8. The molecule has 1 atom stereocenters. The third-order valence-corrected chi connectivity index (χ3v) is 5.20. The van der Waals surface area contributed by atoms with E-state index >= 15 is 0 Å². The van der Waals surface area contributed by atoms with Crippen molar-refractivity contribution in [2.75, 3.05) is 40.3 Å². The highest BCUT2D eigenvalue weighted by atomic mass is 127. The number of nitrogens with zero attached hydrogens (tertiary/aromatic N) is 2. The molecule has 1 aromatic carbocycles. The first-order valence-corrected chi connectivity index (χ1v) is 10.0. The van der Waals surface area contributed by atoms with Gasteiger partial charge in [0, 0.05) is 38.8 Å². The Balaban J connectivity index is 0.00000392. The number of carbonyl (C=O) groups excluding carboxylic acids is 1. The zero-order valence-corrected chi connectivity index (χ0v) is 20.0. The number of aliphatic imine (C=N–C) groups is 1. The fourth-order valence-electron chi connectivity index (χ4n) is 3.62. The van der Waals surface area contributed by atoms with E-state index in [2.05, 4.69) is 39.7 Å². The van der Waals surface area contributed by atoms with E-state index in [1.165, 1.54) is 25.9 Å². The Morgan fingerprint density at radius 2 is 1.93 bits per heavy atom. The van der Waals surface area contributed by atoms with Gasteiger partial charge in [-0.2, -0.15) is 0 Å². The summed E-state index contributed by atoms with van der Waals surface area (Å²) in [5, 5.41) is 9.53. The van der Waals surface area contributed by atoms with Crippen molar-refractivity contribution in [3.63, 3.8) is 0 Å². The van der Waals surface area contributed by atoms with E-state index in [-0.39, 0.29) is 29.9 Å². The van der Waals surface area contributed by atoms with E-state index in [1.54, 1.807) is 7.05 Å². The molecule has 0 aliphatic carbocycles. The molecule has 1 unspecified atom stereocenters. The highest BCUT2D eigenvalue weighted by Crippen LogP contribution is 2.17. The van der Waals surface area contributed by atoms with Crippen molar-refractivity contribution < 1.29 is 4.79 Å². The molecule has 1 fully saturated rings. The maximum atomic E-state index is 11.7. The minimum atomic E-state index is -0.0519. The number of nitrogens with one attached hydrogen (secondary N) is 3. The molecular weight excluding hydrogens is 465 g/mol. The average molecular weight is 501 g/mol. The lowest BCUT2D eigenvalue weighted by Crippen LogP contribution is -2.48. The van der Waals surface area contributed by atoms with Gasteiger partial charge in [0.2, 0.25) is 0 Å². The van der Waals surface area contributed by atoms with Crippen LogP contribution in [-0.4, -0.2) is 63.1 Å². The smallest absolute Gasteiger partial charge is 0.251 e. The fraction of sp³-hybridized carbons (Fsp3) is 0.619. The normalized spacial score (nSPS) is 15.8. The van der Waals surface area contributed by atoms with E-state index in [4.69, 9.17) is 0 Å². The number of hydrogen-bond donors (Lipinski definition) is 3. The molecule has 0 saturated carbocycles. The van der Waals surface area contributed by atoms with Crippen molar-refractivity contribution in [2.24, 2.45) is 10.9 Å². The van der Waals surface area contributed by atoms with Gasteiger partial charge in [0.25, 0.3) is 5.91 Å². The molecule has 3 N–H and O–H groups in total. The van der Waals surface area contributed by atoms with Crippen molar-refractivity contribution in [1.29, 1.82) is 0 Å². The topological polar surface area (TPSA) is 68.8 Å². The van der Waals surface area contributed by atoms with Crippen LogP contribution in [0.5, 0.6) is 0 Å². The Labute approximate surface area is 187 Å². The zero-order valence-electron chi connectivity index (χ0n) is 17.6. The highest BCUT2D eigenvalue weighted by Gasteiger charge is 2.24. The molecule has 158 valence electrons. The van der Waals surface area contributed by atoms with Gasteiger partial charge in [-0.3, -0.25) is 14.7 Å². The Morgan fingerprint density at radius 1 is 1.21 bits per heavy atom. The van der Waals surface area contributed by atoms with Gasteiger partial charge in [0.05, 0.1) is 0 Å². The van der Waals surface area contributed by atoms with Gasteiger partial charge in [0.15, 0.2) is 5.96 Å². The van der Waals surface area contributed by atoms with Gasteiger partial charge in [-0.25, -0.2) is 0 Å². The summed E-state index contributed by atoms with van der Waals surface area (Å²) < 4.78 is 0. The summed E-state index contributed by atoms with van der Waals surface area (Å²) in [7, 11) is 3.46. The van der Waals surface area contributed by atoms with Crippen LogP contribution in [0.3, 0.4) is 0 Å². The lowest BCUT2D eigenvalue weighted by Gasteiger charge is -2.31. The minimum Gasteiger partial charge on any atom is -0.356 e. The molecule has 0 aromatic heterocycles. The van der Waals surface area contributed by atoms with Crippen LogP contribution in [-0.2, 0) is 6.42 Å². The summed E-state index contributed by atoms with van der Waals surface area (Å²) in [6.07, 6.45) is 3.46. The summed E-state index contributed by atoms with van der Waals surface area (Å²) in [6, 6.07) is 8.29. The SMILES string of the molecule is CN=C(NCCc1cccc(C(=O)NC)c1)NCC(C(C)C)N1CCCC1.I. The maximum Gasteiger partial charge on any atom is 0.251 e. The average Bonchev–Trinajstić information content (AvgIpc) is 3.20. The summed E-state index contributed by atoms with van der Waals surface area (Å²) in [5.41, 5.74) is 1.83. The second-order valence-corrected chi connectivity index (χ2v) is 7.46. The third kappa shape index (κ3) is 7.58. The number of carbonyl (C=O) groups is 1. The van der Waals surface area contributed by atoms with Crippen LogP contribution in [0.4, 0.5) is 0 Å². The summed E-state index contributed by atoms with van der Waals surface area (Å²) in [4.78, 5) is 18.7. The molecule has 1 aliphatic rings. The van der Waals surface area contributed by atoms with Gasteiger partial charge < -0.3 is 16.0 Å². The fourth-order valence-corrected chi connectivity index (χ4v) is 3.62. The van der Waals surface area contributed by atoms with Crippen LogP contribution in [0.25, 0.3) is 0 Å². The second-order valence-electron chi connectivity index (χ2n) is 7.46. The highest BCUT2D eigenvalue weighted by molar-refractivity contribution is 14.0. The van der Waals surface area contributed by atoms with Gasteiger partial charge in [-0.15, -0.1) is 24.0 Å². The Kier molecular flexibility index (Phi) is 11.4. The maximum absolute atomic E-state index is 11.7. The predicted molar refractivity (Wildman–Crippen MR) is 128 cm³/mol. The Morgan fingerprint density at radius 3 is 2.54 bits per heavy atom. The monoisotopic (exact) mass is 501 g/mol. The molecule has 1 amide bonds.